The van der Waals surface area contributed by atoms with Gasteiger partial charge in [-0.25, -0.2) is 4.79 Å². The average Bonchev–Trinajstić information content (AvgIpc) is 3.12. The van der Waals surface area contributed by atoms with Crippen LogP contribution in [0.4, 0.5) is 0 Å². The summed E-state index contributed by atoms with van der Waals surface area (Å²) >= 11 is 0. The summed E-state index contributed by atoms with van der Waals surface area (Å²) in [5.74, 6) is -0.285. The maximum atomic E-state index is 11.9. The van der Waals surface area contributed by atoms with Gasteiger partial charge in [-0.15, -0.1) is 10.2 Å². The van der Waals surface area contributed by atoms with E-state index in [1.54, 1.807) is 29.4 Å². The van der Waals surface area contributed by atoms with Crippen molar-refractivity contribution in [3.8, 4) is 5.69 Å². The Morgan fingerprint density at radius 2 is 1.95 bits per heavy atom. The zero-order valence-electron chi connectivity index (χ0n) is 10.3. The highest BCUT2D eigenvalue weighted by Gasteiger charge is 2.15. The Morgan fingerprint density at radius 3 is 2.58 bits per heavy atom. The van der Waals surface area contributed by atoms with E-state index in [1.165, 1.54) is 0 Å². The molecule has 0 spiro atoms. The molecule has 0 saturated carbocycles. The summed E-state index contributed by atoms with van der Waals surface area (Å²) in [6.07, 6.45) is 8.96. The first-order valence-electron chi connectivity index (χ1n) is 6.15. The van der Waals surface area contributed by atoms with Crippen molar-refractivity contribution in [3.63, 3.8) is 0 Å². The van der Waals surface area contributed by atoms with E-state index in [9.17, 15) is 4.79 Å². The zero-order chi connectivity index (χ0) is 13.1. The van der Waals surface area contributed by atoms with Crippen LogP contribution in [-0.2, 0) is 4.74 Å². The summed E-state index contributed by atoms with van der Waals surface area (Å²) in [5.41, 5.74) is 1.46. The van der Waals surface area contributed by atoms with Crippen molar-refractivity contribution in [2.24, 2.45) is 0 Å². The molecule has 0 N–H and O–H groups in total. The number of ether oxygens (including phenoxy) is 1. The molecule has 1 aliphatic rings. The molecule has 1 aromatic heterocycles. The van der Waals surface area contributed by atoms with Crippen LogP contribution in [0.3, 0.4) is 0 Å². The van der Waals surface area contributed by atoms with Gasteiger partial charge < -0.3 is 4.74 Å². The smallest absolute Gasteiger partial charge is 0.338 e. The molecule has 5 heteroatoms. The molecule has 0 unspecified atom stereocenters. The fraction of sp³-hybridized carbons (Fsp3) is 0.214. The van der Waals surface area contributed by atoms with Crippen molar-refractivity contribution < 1.29 is 9.53 Å². The van der Waals surface area contributed by atoms with E-state index >= 15 is 0 Å². The molecule has 96 valence electrons. The minimum atomic E-state index is -0.285. The monoisotopic (exact) mass is 255 g/mol. The van der Waals surface area contributed by atoms with Gasteiger partial charge in [0.2, 0.25) is 0 Å². The standard InChI is InChI=1S/C14H13N3O2/c18-14(19-13-3-1-2-4-13)11-5-7-12(8-6-11)17-9-15-16-10-17/h1,3,5-10,13H,2,4H2/t13-/m0/s1. The number of carbonyl (C=O) groups is 1. The van der Waals surface area contributed by atoms with E-state index in [1.807, 2.05) is 24.3 Å². The highest BCUT2D eigenvalue weighted by atomic mass is 16.5. The van der Waals surface area contributed by atoms with Crippen molar-refractivity contribution in [1.82, 2.24) is 14.8 Å². The number of carbonyl (C=O) groups excluding carboxylic acids is 1. The lowest BCUT2D eigenvalue weighted by Gasteiger charge is -2.10. The second kappa shape index (κ2) is 5.06. The Morgan fingerprint density at radius 1 is 1.21 bits per heavy atom. The lowest BCUT2D eigenvalue weighted by Crippen LogP contribution is -2.13. The van der Waals surface area contributed by atoms with Gasteiger partial charge in [0.25, 0.3) is 0 Å². The molecule has 5 nitrogen and oxygen atoms in total. The minimum Gasteiger partial charge on any atom is -0.455 e. The molecule has 1 atom stereocenters. The summed E-state index contributed by atoms with van der Waals surface area (Å²) in [4.78, 5) is 11.9. The van der Waals surface area contributed by atoms with Gasteiger partial charge in [-0.2, -0.15) is 0 Å². The van der Waals surface area contributed by atoms with Gasteiger partial charge in [0, 0.05) is 5.69 Å². The molecular weight excluding hydrogens is 242 g/mol. The molecule has 0 amide bonds. The van der Waals surface area contributed by atoms with Crippen molar-refractivity contribution in [1.29, 1.82) is 0 Å². The van der Waals surface area contributed by atoms with Gasteiger partial charge in [-0.1, -0.05) is 6.08 Å². The lowest BCUT2D eigenvalue weighted by atomic mass is 10.2. The third-order valence-electron chi connectivity index (χ3n) is 3.05. The molecule has 1 aliphatic carbocycles. The normalized spacial score (nSPS) is 17.6. The predicted octanol–water partition coefficient (Wildman–Crippen LogP) is 2.14. The third-order valence-corrected chi connectivity index (χ3v) is 3.05. The van der Waals surface area contributed by atoms with Crippen LogP contribution in [0.1, 0.15) is 23.2 Å². The Kier molecular flexibility index (Phi) is 3.10. The van der Waals surface area contributed by atoms with Gasteiger partial charge in [0.1, 0.15) is 18.8 Å². The Hall–Kier alpha value is -2.43. The van der Waals surface area contributed by atoms with E-state index in [-0.39, 0.29) is 12.1 Å². The third kappa shape index (κ3) is 2.54. The molecule has 0 fully saturated rings. The maximum Gasteiger partial charge on any atom is 0.338 e. The van der Waals surface area contributed by atoms with Crippen LogP contribution in [0.15, 0.2) is 49.1 Å². The summed E-state index contributed by atoms with van der Waals surface area (Å²) in [5, 5.41) is 7.48. The van der Waals surface area contributed by atoms with Gasteiger partial charge in [0.15, 0.2) is 0 Å². The molecule has 0 radical (unpaired) electrons. The number of aromatic nitrogens is 3. The average molecular weight is 255 g/mol. The maximum absolute atomic E-state index is 11.9. The first kappa shape index (κ1) is 11.6. The quantitative estimate of drug-likeness (QED) is 0.623. The Bertz CT molecular complexity index is 588. The van der Waals surface area contributed by atoms with Gasteiger partial charge >= 0.3 is 5.97 Å². The minimum absolute atomic E-state index is 0.0787. The molecule has 19 heavy (non-hydrogen) atoms. The molecule has 2 aromatic rings. The van der Waals surface area contributed by atoms with Gasteiger partial charge in [0.05, 0.1) is 5.56 Å². The number of nitrogens with zero attached hydrogens (tertiary/aromatic N) is 3. The van der Waals surface area contributed by atoms with Crippen molar-refractivity contribution >= 4 is 5.97 Å². The molecule has 3 rings (SSSR count). The van der Waals surface area contributed by atoms with Gasteiger partial charge in [-0.3, -0.25) is 4.57 Å². The molecule has 0 saturated heterocycles. The van der Waals surface area contributed by atoms with E-state index in [0.717, 1.165) is 18.5 Å². The molecule has 0 aliphatic heterocycles. The first-order chi connectivity index (χ1) is 9.33. The zero-order valence-corrected chi connectivity index (χ0v) is 10.3. The van der Waals surface area contributed by atoms with Crippen LogP contribution in [0.2, 0.25) is 0 Å². The fourth-order valence-corrected chi connectivity index (χ4v) is 2.01. The number of rotatable bonds is 3. The number of hydrogen-bond donors (Lipinski definition) is 0. The van der Waals surface area contributed by atoms with Crippen LogP contribution in [-0.4, -0.2) is 26.8 Å². The molecule has 0 bridgehead atoms. The Balaban J connectivity index is 1.71. The van der Waals surface area contributed by atoms with Crippen LogP contribution in [0.5, 0.6) is 0 Å². The number of benzene rings is 1. The van der Waals surface area contributed by atoms with Crippen LogP contribution in [0.25, 0.3) is 5.69 Å². The Labute approximate surface area is 110 Å². The van der Waals surface area contributed by atoms with Crippen molar-refractivity contribution in [3.05, 3.63) is 54.6 Å². The van der Waals surface area contributed by atoms with Crippen molar-refractivity contribution in [2.75, 3.05) is 0 Å². The predicted molar refractivity (Wildman–Crippen MR) is 68.9 cm³/mol. The van der Waals surface area contributed by atoms with E-state index < -0.39 is 0 Å². The lowest BCUT2D eigenvalue weighted by molar-refractivity contribution is 0.0395. The molecule has 1 heterocycles. The molecule has 1 aromatic carbocycles. The van der Waals surface area contributed by atoms with Crippen LogP contribution >= 0.6 is 0 Å². The van der Waals surface area contributed by atoms with Gasteiger partial charge in [-0.05, 0) is 43.2 Å². The highest BCUT2D eigenvalue weighted by molar-refractivity contribution is 5.89. The number of allylic oxidation sites excluding steroid dienone is 1. The van der Waals surface area contributed by atoms with E-state index in [4.69, 9.17) is 4.74 Å². The summed E-state index contributed by atoms with van der Waals surface area (Å²) in [6.45, 7) is 0. The SMILES string of the molecule is O=C(O[C@H]1C=CCC1)c1ccc(-n2cnnc2)cc1. The highest BCUT2D eigenvalue weighted by Crippen LogP contribution is 2.16. The van der Waals surface area contributed by atoms with Crippen LogP contribution in [0, 0.1) is 0 Å². The largest absolute Gasteiger partial charge is 0.455 e. The van der Waals surface area contributed by atoms with E-state index in [0.29, 0.717) is 5.56 Å². The number of esters is 1. The second-order valence-corrected chi connectivity index (χ2v) is 4.37. The second-order valence-electron chi connectivity index (χ2n) is 4.37. The summed E-state index contributed by atoms with van der Waals surface area (Å²) < 4.78 is 7.14. The van der Waals surface area contributed by atoms with Crippen molar-refractivity contribution in [2.45, 2.75) is 18.9 Å². The summed E-state index contributed by atoms with van der Waals surface area (Å²) in [6, 6.07) is 7.17. The summed E-state index contributed by atoms with van der Waals surface area (Å²) in [7, 11) is 0. The number of hydrogen-bond acceptors (Lipinski definition) is 4. The fourth-order valence-electron chi connectivity index (χ4n) is 2.01. The topological polar surface area (TPSA) is 57.0 Å². The van der Waals surface area contributed by atoms with E-state index in [2.05, 4.69) is 10.2 Å². The first-order valence-corrected chi connectivity index (χ1v) is 6.15. The van der Waals surface area contributed by atoms with Crippen LogP contribution < -0.4 is 0 Å². The molecular formula is C14H13N3O2.